The van der Waals surface area contributed by atoms with Crippen LogP contribution in [0.2, 0.25) is 0 Å². The van der Waals surface area contributed by atoms with E-state index >= 15 is 0 Å². The van der Waals surface area contributed by atoms with Crippen LogP contribution in [0.4, 0.5) is 4.39 Å². The fraction of sp³-hybridized carbons (Fsp3) is 0.400. The number of thiophene rings is 1. The number of fused-ring (bicyclic) bond motifs is 1. The van der Waals surface area contributed by atoms with Crippen molar-refractivity contribution >= 4 is 21.6 Å². The Morgan fingerprint density at radius 1 is 1.15 bits per heavy atom. The Labute approximate surface area is 161 Å². The zero-order chi connectivity index (χ0) is 19.0. The summed E-state index contributed by atoms with van der Waals surface area (Å²) in [5.74, 6) is 0.544. The molecular formula is C20H23FN4OS. The average Bonchev–Trinajstić information content (AvgIpc) is 2.91. The molecular weight excluding hydrogens is 363 g/mol. The second-order valence-corrected chi connectivity index (χ2v) is 8.36. The highest BCUT2D eigenvalue weighted by molar-refractivity contribution is 7.18. The summed E-state index contributed by atoms with van der Waals surface area (Å²) < 4.78 is 13.3. The number of piperazine rings is 1. The Hall–Kier alpha value is -2.09. The quantitative estimate of drug-likeness (QED) is 0.749. The standard InChI is InChI=1S/C20H23FN4OS/c1-13-14(2)27-20-18(13)19(26)22-17(23-20)12-25-8-6-24(7-9-25)11-15-4-3-5-16(21)10-15/h3-5,10H,6-9,11-12H2,1-2H3,(H,22,23,26). The van der Waals surface area contributed by atoms with Crippen LogP contribution in [0.3, 0.4) is 0 Å². The van der Waals surface area contributed by atoms with Gasteiger partial charge in [-0.2, -0.15) is 0 Å². The van der Waals surface area contributed by atoms with Crippen LogP contribution in [0.25, 0.3) is 10.2 Å². The number of benzene rings is 1. The highest BCUT2D eigenvalue weighted by Gasteiger charge is 2.19. The molecule has 3 aromatic rings. The molecule has 0 aliphatic carbocycles. The molecule has 142 valence electrons. The Morgan fingerprint density at radius 2 is 1.85 bits per heavy atom. The van der Waals surface area contributed by atoms with Gasteiger partial charge in [0.15, 0.2) is 0 Å². The van der Waals surface area contributed by atoms with E-state index in [0.29, 0.717) is 6.54 Å². The van der Waals surface area contributed by atoms with Gasteiger partial charge in [0.1, 0.15) is 16.5 Å². The van der Waals surface area contributed by atoms with Gasteiger partial charge < -0.3 is 4.98 Å². The molecule has 1 aromatic carbocycles. The predicted molar refractivity (Wildman–Crippen MR) is 107 cm³/mol. The molecule has 4 rings (SSSR count). The smallest absolute Gasteiger partial charge is 0.259 e. The summed E-state index contributed by atoms with van der Waals surface area (Å²) in [6.07, 6.45) is 0. The van der Waals surface area contributed by atoms with Crippen molar-refractivity contribution in [1.29, 1.82) is 0 Å². The van der Waals surface area contributed by atoms with Gasteiger partial charge in [0.2, 0.25) is 0 Å². The monoisotopic (exact) mass is 386 g/mol. The SMILES string of the molecule is Cc1sc2nc(CN3CCN(Cc4cccc(F)c4)CC3)[nH]c(=O)c2c1C. The molecule has 7 heteroatoms. The molecule has 2 aromatic heterocycles. The summed E-state index contributed by atoms with van der Waals surface area (Å²) in [6.45, 7) is 9.05. The molecule has 0 radical (unpaired) electrons. The fourth-order valence-electron chi connectivity index (χ4n) is 3.58. The second kappa shape index (κ2) is 7.50. The van der Waals surface area contributed by atoms with E-state index in [-0.39, 0.29) is 11.4 Å². The summed E-state index contributed by atoms with van der Waals surface area (Å²) in [5, 5.41) is 0.723. The van der Waals surface area contributed by atoms with Gasteiger partial charge in [-0.05, 0) is 37.1 Å². The minimum atomic E-state index is -0.185. The van der Waals surface area contributed by atoms with E-state index in [2.05, 4.69) is 19.8 Å². The molecule has 27 heavy (non-hydrogen) atoms. The molecule has 0 unspecified atom stereocenters. The number of halogens is 1. The maximum atomic E-state index is 13.3. The molecule has 1 aliphatic rings. The lowest BCUT2D eigenvalue weighted by atomic mass is 10.2. The van der Waals surface area contributed by atoms with Gasteiger partial charge in [-0.1, -0.05) is 12.1 Å². The molecule has 1 aliphatic heterocycles. The lowest BCUT2D eigenvalue weighted by molar-refractivity contribution is 0.120. The van der Waals surface area contributed by atoms with E-state index in [1.54, 1.807) is 23.5 Å². The number of aromatic amines is 1. The molecule has 3 heterocycles. The number of aryl methyl sites for hydroxylation is 2. The Morgan fingerprint density at radius 3 is 2.56 bits per heavy atom. The molecule has 1 saturated heterocycles. The maximum absolute atomic E-state index is 13.3. The van der Waals surface area contributed by atoms with E-state index in [9.17, 15) is 9.18 Å². The number of H-pyrrole nitrogens is 1. The third kappa shape index (κ3) is 3.95. The van der Waals surface area contributed by atoms with Gasteiger partial charge in [-0.25, -0.2) is 9.37 Å². The Kier molecular flexibility index (Phi) is 5.08. The van der Waals surface area contributed by atoms with Crippen LogP contribution in [-0.2, 0) is 13.1 Å². The molecule has 0 saturated carbocycles. The molecule has 1 fully saturated rings. The van der Waals surface area contributed by atoms with Crippen LogP contribution in [0, 0.1) is 19.7 Å². The lowest BCUT2D eigenvalue weighted by Crippen LogP contribution is -2.45. The third-order valence-corrected chi connectivity index (χ3v) is 6.32. The van der Waals surface area contributed by atoms with Crippen LogP contribution in [0.1, 0.15) is 21.8 Å². The van der Waals surface area contributed by atoms with Crippen molar-refractivity contribution in [2.45, 2.75) is 26.9 Å². The number of aromatic nitrogens is 2. The molecule has 0 bridgehead atoms. The number of hydrogen-bond acceptors (Lipinski definition) is 5. The zero-order valence-electron chi connectivity index (χ0n) is 15.6. The van der Waals surface area contributed by atoms with Gasteiger partial charge in [0.05, 0.1) is 11.9 Å². The van der Waals surface area contributed by atoms with Gasteiger partial charge in [-0.3, -0.25) is 14.6 Å². The van der Waals surface area contributed by atoms with Crippen molar-refractivity contribution in [2.24, 2.45) is 0 Å². The summed E-state index contributed by atoms with van der Waals surface area (Å²) in [4.78, 5) is 26.6. The van der Waals surface area contributed by atoms with E-state index in [4.69, 9.17) is 0 Å². The minimum absolute atomic E-state index is 0.0402. The first kappa shape index (κ1) is 18.3. The maximum Gasteiger partial charge on any atom is 0.259 e. The highest BCUT2D eigenvalue weighted by Crippen LogP contribution is 2.25. The van der Waals surface area contributed by atoms with Crippen LogP contribution in [-0.4, -0.2) is 45.9 Å². The first-order valence-electron chi connectivity index (χ1n) is 9.17. The molecule has 0 atom stereocenters. The van der Waals surface area contributed by atoms with Crippen molar-refractivity contribution in [3.63, 3.8) is 0 Å². The van der Waals surface area contributed by atoms with Gasteiger partial charge in [0.25, 0.3) is 5.56 Å². The van der Waals surface area contributed by atoms with Crippen LogP contribution >= 0.6 is 11.3 Å². The van der Waals surface area contributed by atoms with Crippen molar-refractivity contribution < 1.29 is 4.39 Å². The number of nitrogens with one attached hydrogen (secondary N) is 1. The van der Waals surface area contributed by atoms with Gasteiger partial charge in [-0.15, -0.1) is 11.3 Å². The highest BCUT2D eigenvalue weighted by atomic mass is 32.1. The summed E-state index contributed by atoms with van der Waals surface area (Å²) in [7, 11) is 0. The van der Waals surface area contributed by atoms with E-state index in [1.807, 2.05) is 19.9 Å². The van der Waals surface area contributed by atoms with E-state index in [1.165, 1.54) is 6.07 Å². The largest absolute Gasteiger partial charge is 0.309 e. The summed E-state index contributed by atoms with van der Waals surface area (Å²) in [6, 6.07) is 6.79. The number of rotatable bonds is 4. The lowest BCUT2D eigenvalue weighted by Gasteiger charge is -2.34. The molecule has 1 N–H and O–H groups in total. The van der Waals surface area contributed by atoms with Crippen molar-refractivity contribution in [3.05, 3.63) is 62.3 Å². The second-order valence-electron chi connectivity index (χ2n) is 7.16. The molecule has 5 nitrogen and oxygen atoms in total. The van der Waals surface area contributed by atoms with Crippen molar-refractivity contribution in [2.75, 3.05) is 26.2 Å². The van der Waals surface area contributed by atoms with Crippen LogP contribution < -0.4 is 5.56 Å². The first-order chi connectivity index (χ1) is 13.0. The minimum Gasteiger partial charge on any atom is -0.309 e. The first-order valence-corrected chi connectivity index (χ1v) is 9.99. The van der Waals surface area contributed by atoms with Crippen molar-refractivity contribution in [3.8, 4) is 0 Å². The van der Waals surface area contributed by atoms with E-state index in [0.717, 1.165) is 64.8 Å². The number of hydrogen-bond donors (Lipinski definition) is 1. The third-order valence-electron chi connectivity index (χ3n) is 5.22. The van der Waals surface area contributed by atoms with Gasteiger partial charge in [0, 0.05) is 37.6 Å². The van der Waals surface area contributed by atoms with Crippen molar-refractivity contribution in [1.82, 2.24) is 19.8 Å². The zero-order valence-corrected chi connectivity index (χ0v) is 16.4. The number of nitrogens with zero attached hydrogens (tertiary/aromatic N) is 3. The predicted octanol–water partition coefficient (Wildman–Crippen LogP) is 3.06. The summed E-state index contributed by atoms with van der Waals surface area (Å²) in [5.41, 5.74) is 1.99. The van der Waals surface area contributed by atoms with Gasteiger partial charge >= 0.3 is 0 Å². The summed E-state index contributed by atoms with van der Waals surface area (Å²) >= 11 is 1.58. The Bertz CT molecular complexity index is 1020. The molecule has 0 amide bonds. The normalized spacial score (nSPS) is 16.3. The van der Waals surface area contributed by atoms with Crippen LogP contribution in [0.15, 0.2) is 29.1 Å². The topological polar surface area (TPSA) is 52.2 Å². The fourth-order valence-corrected chi connectivity index (χ4v) is 4.63. The Balaban J connectivity index is 1.39. The average molecular weight is 386 g/mol. The van der Waals surface area contributed by atoms with E-state index < -0.39 is 0 Å². The molecule has 0 spiro atoms. The van der Waals surface area contributed by atoms with Crippen LogP contribution in [0.5, 0.6) is 0 Å².